The zero-order valence-corrected chi connectivity index (χ0v) is 20.8. The third-order valence-corrected chi connectivity index (χ3v) is 6.60. The molecule has 3 aromatic carbocycles. The number of hydrogen-bond donors (Lipinski definition) is 1. The van der Waals surface area contributed by atoms with Crippen molar-refractivity contribution in [3.63, 3.8) is 0 Å². The van der Waals surface area contributed by atoms with Crippen LogP contribution in [-0.2, 0) is 22.4 Å². The molecule has 0 atom stereocenters. The predicted molar refractivity (Wildman–Crippen MR) is 139 cm³/mol. The second-order valence-electron chi connectivity index (χ2n) is 9.13. The van der Waals surface area contributed by atoms with Crippen molar-refractivity contribution in [3.05, 3.63) is 77.4 Å². The Hall–Kier alpha value is -2.93. The SMILES string of the molecule is COCCOCCc1ccc2ccc(CN3CCC(NC(=O)c4cccc(OC)c4)CC3)cc2c1. The van der Waals surface area contributed by atoms with Crippen molar-refractivity contribution in [2.75, 3.05) is 47.1 Å². The third-order valence-electron chi connectivity index (χ3n) is 6.60. The standard InChI is InChI=1S/C29H36N2O4/c1-33-16-17-35-15-12-22-6-8-24-9-7-23(19-26(24)18-22)21-31-13-10-27(11-14-31)30-29(32)25-4-3-5-28(20-25)34-2/h3-9,18-20,27H,10-17,21H2,1-2H3,(H,30,32). The van der Waals surface area contributed by atoms with Crippen LogP contribution in [0.15, 0.2) is 60.7 Å². The van der Waals surface area contributed by atoms with E-state index in [0.717, 1.165) is 38.9 Å². The number of nitrogens with one attached hydrogen (secondary N) is 1. The first-order valence-electron chi connectivity index (χ1n) is 12.4. The zero-order chi connectivity index (χ0) is 24.5. The van der Waals surface area contributed by atoms with Gasteiger partial charge in [0.15, 0.2) is 0 Å². The number of methoxy groups -OCH3 is 2. The molecule has 1 amide bonds. The summed E-state index contributed by atoms with van der Waals surface area (Å²) < 4.78 is 15.9. The monoisotopic (exact) mass is 476 g/mol. The first-order valence-corrected chi connectivity index (χ1v) is 12.4. The van der Waals surface area contributed by atoms with E-state index in [9.17, 15) is 4.79 Å². The number of carbonyl (C=O) groups excluding carboxylic acids is 1. The highest BCUT2D eigenvalue weighted by Crippen LogP contribution is 2.21. The minimum atomic E-state index is -0.0308. The number of fused-ring (bicyclic) bond motifs is 1. The van der Waals surface area contributed by atoms with E-state index in [-0.39, 0.29) is 11.9 Å². The average molecular weight is 477 g/mol. The second-order valence-corrected chi connectivity index (χ2v) is 9.13. The van der Waals surface area contributed by atoms with Gasteiger partial charge in [0.1, 0.15) is 5.75 Å². The molecule has 3 aromatic rings. The Bertz CT molecular complexity index is 1110. The molecule has 6 heteroatoms. The number of amides is 1. The lowest BCUT2D eigenvalue weighted by Gasteiger charge is -2.32. The van der Waals surface area contributed by atoms with E-state index in [1.165, 1.54) is 21.9 Å². The summed E-state index contributed by atoms with van der Waals surface area (Å²) in [5, 5.41) is 5.73. The number of ether oxygens (including phenoxy) is 3. The molecule has 1 fully saturated rings. The lowest BCUT2D eigenvalue weighted by molar-refractivity contribution is 0.0722. The number of likely N-dealkylation sites (tertiary alicyclic amines) is 1. The van der Waals surface area contributed by atoms with Crippen LogP contribution < -0.4 is 10.1 Å². The molecule has 1 heterocycles. The molecule has 6 nitrogen and oxygen atoms in total. The van der Waals surface area contributed by atoms with Gasteiger partial charge in [0, 0.05) is 38.3 Å². The van der Waals surface area contributed by atoms with Gasteiger partial charge in [-0.05, 0) is 65.4 Å². The molecule has 35 heavy (non-hydrogen) atoms. The quantitative estimate of drug-likeness (QED) is 0.415. The van der Waals surface area contributed by atoms with Gasteiger partial charge >= 0.3 is 0 Å². The number of piperidine rings is 1. The van der Waals surface area contributed by atoms with Gasteiger partial charge < -0.3 is 19.5 Å². The molecule has 186 valence electrons. The molecule has 1 N–H and O–H groups in total. The summed E-state index contributed by atoms with van der Waals surface area (Å²) in [7, 11) is 3.30. The third kappa shape index (κ3) is 7.28. The molecule has 4 rings (SSSR count). The van der Waals surface area contributed by atoms with Gasteiger partial charge in [0.2, 0.25) is 0 Å². The van der Waals surface area contributed by atoms with E-state index in [2.05, 4.69) is 46.6 Å². The van der Waals surface area contributed by atoms with Crippen LogP contribution in [0.25, 0.3) is 10.8 Å². The summed E-state index contributed by atoms with van der Waals surface area (Å²) in [6, 6.07) is 20.9. The lowest BCUT2D eigenvalue weighted by atomic mass is 10.0. The maximum absolute atomic E-state index is 12.6. The van der Waals surface area contributed by atoms with E-state index in [1.807, 2.05) is 18.2 Å². The van der Waals surface area contributed by atoms with Crippen molar-refractivity contribution < 1.29 is 19.0 Å². The fourth-order valence-corrected chi connectivity index (χ4v) is 4.56. The number of carbonyl (C=O) groups is 1. The molecular weight excluding hydrogens is 440 g/mol. The summed E-state index contributed by atoms with van der Waals surface area (Å²) >= 11 is 0. The molecule has 0 aromatic heterocycles. The highest BCUT2D eigenvalue weighted by Gasteiger charge is 2.21. The van der Waals surface area contributed by atoms with E-state index in [1.54, 1.807) is 20.3 Å². The molecule has 1 saturated heterocycles. The van der Waals surface area contributed by atoms with Crippen molar-refractivity contribution in [1.29, 1.82) is 0 Å². The second kappa shape index (κ2) is 12.7. The van der Waals surface area contributed by atoms with Crippen molar-refractivity contribution in [1.82, 2.24) is 10.2 Å². The Morgan fingerprint density at radius 2 is 1.69 bits per heavy atom. The van der Waals surface area contributed by atoms with Crippen LogP contribution in [0.3, 0.4) is 0 Å². The molecular formula is C29H36N2O4. The van der Waals surface area contributed by atoms with Crippen LogP contribution in [0.2, 0.25) is 0 Å². The van der Waals surface area contributed by atoms with Gasteiger partial charge in [0.25, 0.3) is 5.91 Å². The van der Waals surface area contributed by atoms with Gasteiger partial charge in [-0.3, -0.25) is 9.69 Å². The normalized spacial score (nSPS) is 14.8. The van der Waals surface area contributed by atoms with Crippen molar-refractivity contribution in [2.45, 2.75) is 31.8 Å². The molecule has 0 spiro atoms. The number of nitrogens with zero attached hydrogens (tertiary/aromatic N) is 1. The molecule has 0 aliphatic carbocycles. The number of benzene rings is 3. The first-order chi connectivity index (χ1) is 17.1. The van der Waals surface area contributed by atoms with Crippen molar-refractivity contribution in [2.24, 2.45) is 0 Å². The number of hydrogen-bond acceptors (Lipinski definition) is 5. The summed E-state index contributed by atoms with van der Waals surface area (Å²) in [6.45, 7) is 4.84. The topological polar surface area (TPSA) is 60.0 Å². The Morgan fingerprint density at radius 1 is 0.914 bits per heavy atom. The van der Waals surface area contributed by atoms with Gasteiger partial charge in [-0.2, -0.15) is 0 Å². The molecule has 0 radical (unpaired) electrons. The highest BCUT2D eigenvalue weighted by atomic mass is 16.5. The Labute approximate surface area is 208 Å². The van der Waals surface area contributed by atoms with E-state index >= 15 is 0 Å². The molecule has 0 bridgehead atoms. The van der Waals surface area contributed by atoms with Crippen molar-refractivity contribution >= 4 is 16.7 Å². The molecule has 1 aliphatic heterocycles. The predicted octanol–water partition coefficient (Wildman–Crippen LogP) is 4.45. The van der Waals surface area contributed by atoms with Gasteiger partial charge in [-0.15, -0.1) is 0 Å². The van der Waals surface area contributed by atoms with Crippen LogP contribution in [0.4, 0.5) is 0 Å². The molecule has 0 saturated carbocycles. The summed E-state index contributed by atoms with van der Waals surface area (Å²) in [5.74, 6) is 0.669. The summed E-state index contributed by atoms with van der Waals surface area (Å²) in [5.41, 5.74) is 3.26. The zero-order valence-electron chi connectivity index (χ0n) is 20.8. The van der Waals surface area contributed by atoms with Crippen LogP contribution in [-0.4, -0.2) is 64.0 Å². The van der Waals surface area contributed by atoms with E-state index < -0.39 is 0 Å². The minimum Gasteiger partial charge on any atom is -0.497 e. The molecule has 1 aliphatic rings. The maximum Gasteiger partial charge on any atom is 0.251 e. The Balaban J connectivity index is 1.27. The average Bonchev–Trinajstić information content (AvgIpc) is 2.89. The fraction of sp³-hybridized carbons (Fsp3) is 0.414. The van der Waals surface area contributed by atoms with E-state index in [4.69, 9.17) is 14.2 Å². The smallest absolute Gasteiger partial charge is 0.251 e. The number of rotatable bonds is 11. The highest BCUT2D eigenvalue weighted by molar-refractivity contribution is 5.94. The lowest BCUT2D eigenvalue weighted by Crippen LogP contribution is -2.44. The van der Waals surface area contributed by atoms with Crippen LogP contribution in [0.5, 0.6) is 5.75 Å². The van der Waals surface area contributed by atoms with Gasteiger partial charge in [0.05, 0.1) is 26.9 Å². The van der Waals surface area contributed by atoms with Gasteiger partial charge in [-0.1, -0.05) is 36.4 Å². The maximum atomic E-state index is 12.6. The van der Waals surface area contributed by atoms with Crippen LogP contribution >= 0.6 is 0 Å². The minimum absolute atomic E-state index is 0.0308. The van der Waals surface area contributed by atoms with Gasteiger partial charge in [-0.25, -0.2) is 0 Å². The summed E-state index contributed by atoms with van der Waals surface area (Å²) in [4.78, 5) is 15.1. The fourth-order valence-electron chi connectivity index (χ4n) is 4.56. The summed E-state index contributed by atoms with van der Waals surface area (Å²) in [6.07, 6.45) is 2.81. The first kappa shape index (κ1) is 25.2. The van der Waals surface area contributed by atoms with Crippen LogP contribution in [0, 0.1) is 0 Å². The van der Waals surface area contributed by atoms with Crippen LogP contribution in [0.1, 0.15) is 34.3 Å². The van der Waals surface area contributed by atoms with Crippen molar-refractivity contribution in [3.8, 4) is 5.75 Å². The molecule has 0 unspecified atom stereocenters. The Kier molecular flexibility index (Phi) is 9.12. The van der Waals surface area contributed by atoms with E-state index in [0.29, 0.717) is 31.1 Å². The largest absolute Gasteiger partial charge is 0.497 e. The Morgan fingerprint density at radius 3 is 2.46 bits per heavy atom.